The maximum atomic E-state index is 13.2. The third-order valence-corrected chi connectivity index (χ3v) is 7.95. The number of aryl methyl sites for hydroxylation is 3. The number of rotatable bonds is 4. The third kappa shape index (κ3) is 3.62. The minimum absolute atomic E-state index is 0.0690. The summed E-state index contributed by atoms with van der Waals surface area (Å²) >= 11 is 0. The molecule has 10 nitrogen and oxygen atoms in total. The number of piperidine rings is 1. The van der Waals surface area contributed by atoms with Gasteiger partial charge in [0.05, 0.1) is 10.6 Å². The van der Waals surface area contributed by atoms with Gasteiger partial charge in [0.1, 0.15) is 17.5 Å². The Hall–Kier alpha value is -3.08. The minimum atomic E-state index is -3.64. The van der Waals surface area contributed by atoms with Crippen LogP contribution in [-0.2, 0) is 23.4 Å². The molecular weight excluding hydrogens is 420 g/mol. The topological polar surface area (TPSA) is 120 Å². The van der Waals surface area contributed by atoms with Gasteiger partial charge >= 0.3 is 0 Å². The molecule has 1 amide bonds. The molecule has 4 rings (SSSR count). The van der Waals surface area contributed by atoms with E-state index in [-0.39, 0.29) is 48.0 Å². The van der Waals surface area contributed by atoms with Crippen LogP contribution < -0.4 is 5.43 Å². The number of aromatic nitrogens is 5. The van der Waals surface area contributed by atoms with Crippen LogP contribution in [0.1, 0.15) is 35.8 Å². The van der Waals surface area contributed by atoms with Crippen LogP contribution in [0.5, 0.6) is 0 Å². The SMILES string of the molecule is CCn1cc(C(=O)N2CCC(S(=O)(=O)c3nncn3C)CC2)c(=O)c2ccc(C)nc21. The van der Waals surface area contributed by atoms with Crippen molar-refractivity contribution in [2.24, 2.45) is 7.05 Å². The standard InChI is InChI=1S/C20H24N6O4S/c1-4-25-11-16(17(27)15-6-5-13(2)22-18(15)25)19(28)26-9-7-14(8-10-26)31(29,30)20-23-21-12-24(20)3/h5-6,11-12,14H,4,7-10H2,1-3H3. The monoisotopic (exact) mass is 444 g/mol. The van der Waals surface area contributed by atoms with E-state index in [1.165, 1.54) is 10.9 Å². The Balaban J connectivity index is 1.59. The largest absolute Gasteiger partial charge is 0.338 e. The molecule has 164 valence electrons. The van der Waals surface area contributed by atoms with Gasteiger partial charge in [-0.05, 0) is 38.8 Å². The maximum absolute atomic E-state index is 13.2. The van der Waals surface area contributed by atoms with E-state index in [0.717, 1.165) is 5.69 Å². The summed E-state index contributed by atoms with van der Waals surface area (Å²) in [5.74, 6) is -0.385. The van der Waals surface area contributed by atoms with E-state index < -0.39 is 15.1 Å². The Labute approximate surface area is 179 Å². The van der Waals surface area contributed by atoms with Crippen molar-refractivity contribution in [1.29, 1.82) is 0 Å². The summed E-state index contributed by atoms with van der Waals surface area (Å²) in [5.41, 5.74) is 1.07. The number of sulfone groups is 1. The molecule has 0 aromatic carbocycles. The van der Waals surface area contributed by atoms with Gasteiger partial charge in [-0.2, -0.15) is 0 Å². The third-order valence-electron chi connectivity index (χ3n) is 5.72. The lowest BCUT2D eigenvalue weighted by molar-refractivity contribution is 0.0723. The molecule has 3 aromatic rings. The lowest BCUT2D eigenvalue weighted by Crippen LogP contribution is -2.44. The number of fused-ring (bicyclic) bond motifs is 1. The molecule has 0 bridgehead atoms. The smallest absolute Gasteiger partial charge is 0.259 e. The van der Waals surface area contributed by atoms with E-state index in [2.05, 4.69) is 15.2 Å². The highest BCUT2D eigenvalue weighted by Crippen LogP contribution is 2.24. The molecule has 1 fully saturated rings. The predicted octanol–water partition coefficient (Wildman–Crippen LogP) is 0.932. The zero-order valence-corrected chi connectivity index (χ0v) is 18.5. The van der Waals surface area contributed by atoms with E-state index in [1.807, 2.05) is 13.8 Å². The second-order valence-corrected chi connectivity index (χ2v) is 9.86. The van der Waals surface area contributed by atoms with E-state index in [4.69, 9.17) is 0 Å². The van der Waals surface area contributed by atoms with Crippen LogP contribution >= 0.6 is 0 Å². The first kappa shape index (κ1) is 21.2. The Morgan fingerprint density at radius 2 is 1.94 bits per heavy atom. The Bertz CT molecular complexity index is 1320. The van der Waals surface area contributed by atoms with E-state index >= 15 is 0 Å². The molecule has 1 saturated heterocycles. The van der Waals surface area contributed by atoms with Gasteiger partial charge in [-0.1, -0.05) is 0 Å². The molecule has 1 aliphatic heterocycles. The van der Waals surface area contributed by atoms with Gasteiger partial charge in [-0.3, -0.25) is 9.59 Å². The van der Waals surface area contributed by atoms with E-state index in [9.17, 15) is 18.0 Å². The molecule has 0 N–H and O–H groups in total. The summed E-state index contributed by atoms with van der Waals surface area (Å²) in [6, 6.07) is 3.45. The fourth-order valence-corrected chi connectivity index (χ4v) is 5.71. The number of hydrogen-bond donors (Lipinski definition) is 0. The first-order valence-electron chi connectivity index (χ1n) is 10.1. The van der Waals surface area contributed by atoms with Crippen molar-refractivity contribution in [3.8, 4) is 0 Å². The number of hydrogen-bond acceptors (Lipinski definition) is 7. The van der Waals surface area contributed by atoms with Gasteiger partial charge in [0.2, 0.25) is 20.4 Å². The molecular formula is C20H24N6O4S. The summed E-state index contributed by atoms with van der Waals surface area (Å²) in [6.45, 7) is 4.82. The highest BCUT2D eigenvalue weighted by Gasteiger charge is 2.36. The van der Waals surface area contributed by atoms with Crippen molar-refractivity contribution in [2.45, 2.75) is 43.6 Å². The van der Waals surface area contributed by atoms with Gasteiger partial charge in [0.15, 0.2) is 0 Å². The van der Waals surface area contributed by atoms with E-state index in [0.29, 0.717) is 17.6 Å². The number of amides is 1. The molecule has 0 unspecified atom stereocenters. The number of carbonyl (C=O) groups is 1. The van der Waals surface area contributed by atoms with Crippen LogP contribution in [0, 0.1) is 6.92 Å². The molecule has 0 saturated carbocycles. The van der Waals surface area contributed by atoms with Gasteiger partial charge in [0.25, 0.3) is 5.91 Å². The lowest BCUT2D eigenvalue weighted by atomic mass is 10.1. The number of pyridine rings is 2. The van der Waals surface area contributed by atoms with Gasteiger partial charge in [0, 0.05) is 38.6 Å². The molecule has 0 radical (unpaired) electrons. The summed E-state index contributed by atoms with van der Waals surface area (Å²) < 4.78 is 28.9. The van der Waals surface area contributed by atoms with Crippen molar-refractivity contribution < 1.29 is 13.2 Å². The van der Waals surface area contributed by atoms with Crippen molar-refractivity contribution in [2.75, 3.05) is 13.1 Å². The quantitative estimate of drug-likeness (QED) is 0.587. The Kier molecular flexibility index (Phi) is 5.38. The summed E-state index contributed by atoms with van der Waals surface area (Å²) in [7, 11) is -2.05. The molecule has 0 spiro atoms. The van der Waals surface area contributed by atoms with Crippen LogP contribution in [0.25, 0.3) is 11.0 Å². The molecule has 1 aliphatic rings. The van der Waals surface area contributed by atoms with Crippen LogP contribution in [-0.4, -0.2) is 61.9 Å². The van der Waals surface area contributed by atoms with Gasteiger partial charge < -0.3 is 14.0 Å². The van der Waals surface area contributed by atoms with E-state index in [1.54, 1.807) is 34.8 Å². The Morgan fingerprint density at radius 3 is 2.55 bits per heavy atom. The zero-order valence-electron chi connectivity index (χ0n) is 17.6. The highest BCUT2D eigenvalue weighted by molar-refractivity contribution is 7.91. The van der Waals surface area contributed by atoms with Crippen LogP contribution in [0.3, 0.4) is 0 Å². The Morgan fingerprint density at radius 1 is 1.23 bits per heavy atom. The first-order valence-corrected chi connectivity index (χ1v) is 11.7. The summed E-state index contributed by atoms with van der Waals surface area (Å²) in [4.78, 5) is 32.1. The molecule has 0 atom stereocenters. The first-order chi connectivity index (χ1) is 14.7. The minimum Gasteiger partial charge on any atom is -0.338 e. The number of likely N-dealkylation sites (tertiary alicyclic amines) is 1. The van der Waals surface area contributed by atoms with Crippen LogP contribution in [0.15, 0.2) is 34.6 Å². The number of carbonyl (C=O) groups excluding carboxylic acids is 1. The fourth-order valence-electron chi connectivity index (χ4n) is 3.97. The van der Waals surface area contributed by atoms with Crippen molar-refractivity contribution >= 4 is 26.8 Å². The maximum Gasteiger partial charge on any atom is 0.259 e. The van der Waals surface area contributed by atoms with Crippen molar-refractivity contribution in [1.82, 2.24) is 29.2 Å². The normalized spacial score (nSPS) is 15.5. The van der Waals surface area contributed by atoms with Gasteiger partial charge in [-0.25, -0.2) is 13.4 Å². The fraction of sp³-hybridized carbons (Fsp3) is 0.450. The van der Waals surface area contributed by atoms with Crippen LogP contribution in [0.4, 0.5) is 0 Å². The molecule has 3 aromatic heterocycles. The second-order valence-electron chi connectivity index (χ2n) is 7.74. The molecule has 0 aliphatic carbocycles. The summed E-state index contributed by atoms with van der Waals surface area (Å²) in [6.07, 6.45) is 3.46. The molecule has 31 heavy (non-hydrogen) atoms. The number of nitrogens with zero attached hydrogens (tertiary/aromatic N) is 6. The summed E-state index contributed by atoms with van der Waals surface area (Å²) in [5, 5.41) is 7.06. The zero-order chi connectivity index (χ0) is 22.3. The molecule has 11 heteroatoms. The molecule has 4 heterocycles. The van der Waals surface area contributed by atoms with Crippen molar-refractivity contribution in [3.63, 3.8) is 0 Å². The van der Waals surface area contributed by atoms with Gasteiger partial charge in [-0.15, -0.1) is 10.2 Å². The highest BCUT2D eigenvalue weighted by atomic mass is 32.2. The lowest BCUT2D eigenvalue weighted by Gasteiger charge is -2.31. The van der Waals surface area contributed by atoms with Crippen LogP contribution in [0.2, 0.25) is 0 Å². The second kappa shape index (κ2) is 7.88. The predicted molar refractivity (Wildman–Crippen MR) is 114 cm³/mol. The average Bonchev–Trinajstić information content (AvgIpc) is 3.20. The van der Waals surface area contributed by atoms with Crippen molar-refractivity contribution in [3.05, 3.63) is 46.1 Å². The average molecular weight is 445 g/mol.